The van der Waals surface area contributed by atoms with E-state index in [1.807, 2.05) is 22.9 Å². The molecular weight excluding hydrogens is 226 g/mol. The van der Waals surface area contributed by atoms with Crippen molar-refractivity contribution < 1.29 is 9.30 Å². The van der Waals surface area contributed by atoms with Crippen molar-refractivity contribution in [1.29, 1.82) is 0 Å². The molecule has 1 aliphatic heterocycles. The molecule has 0 N–H and O–H groups in total. The van der Waals surface area contributed by atoms with Gasteiger partial charge in [-0.2, -0.15) is 0 Å². The predicted octanol–water partition coefficient (Wildman–Crippen LogP) is 1.89. The third kappa shape index (κ3) is 1.93. The number of aromatic nitrogens is 3. The largest absolute Gasteiger partial charge is 0.367 e. The van der Waals surface area contributed by atoms with Crippen molar-refractivity contribution in [3.05, 3.63) is 42.5 Å². The second kappa shape index (κ2) is 4.53. The normalized spacial score (nSPS) is 18.9. The van der Waals surface area contributed by atoms with Gasteiger partial charge < -0.3 is 4.74 Å². The second-order valence-corrected chi connectivity index (χ2v) is 5.05. The second-order valence-electron chi connectivity index (χ2n) is 5.05. The van der Waals surface area contributed by atoms with Crippen LogP contribution in [0, 0.1) is 5.92 Å². The summed E-state index contributed by atoms with van der Waals surface area (Å²) in [5, 5.41) is 4.61. The molecule has 0 spiro atoms. The highest BCUT2D eigenvalue weighted by atomic mass is 16.5. The van der Waals surface area contributed by atoms with Crippen molar-refractivity contribution >= 4 is 0 Å². The van der Waals surface area contributed by atoms with Crippen LogP contribution in [0.5, 0.6) is 0 Å². The van der Waals surface area contributed by atoms with Crippen LogP contribution in [0.4, 0.5) is 0 Å². The van der Waals surface area contributed by atoms with Crippen LogP contribution < -0.4 is 4.57 Å². The summed E-state index contributed by atoms with van der Waals surface area (Å²) in [4.78, 5) is 0. The van der Waals surface area contributed by atoms with E-state index in [2.05, 4.69) is 42.0 Å². The average Bonchev–Trinajstić information content (AvgIpc) is 2.83. The molecule has 0 radical (unpaired) electrons. The fourth-order valence-electron chi connectivity index (χ4n) is 2.34. The van der Waals surface area contributed by atoms with Crippen molar-refractivity contribution in [2.24, 2.45) is 5.92 Å². The number of ether oxygens (including phenoxy) is 1. The van der Waals surface area contributed by atoms with E-state index in [9.17, 15) is 0 Å². The molecule has 0 bridgehead atoms. The van der Waals surface area contributed by atoms with E-state index in [1.54, 1.807) is 0 Å². The highest BCUT2D eigenvalue weighted by Crippen LogP contribution is 2.17. The van der Waals surface area contributed by atoms with Gasteiger partial charge in [0, 0.05) is 5.10 Å². The molecule has 0 fully saturated rings. The highest BCUT2D eigenvalue weighted by molar-refractivity contribution is 5.28. The van der Waals surface area contributed by atoms with Gasteiger partial charge in [0.05, 0.1) is 6.61 Å². The zero-order chi connectivity index (χ0) is 12.5. The topological polar surface area (TPSA) is 30.9 Å². The lowest BCUT2D eigenvalue weighted by Gasteiger charge is -2.22. The van der Waals surface area contributed by atoms with Crippen molar-refractivity contribution in [3.63, 3.8) is 0 Å². The van der Waals surface area contributed by atoms with Crippen molar-refractivity contribution in [3.8, 4) is 5.69 Å². The summed E-state index contributed by atoms with van der Waals surface area (Å²) < 4.78 is 9.80. The maximum absolute atomic E-state index is 5.62. The summed E-state index contributed by atoms with van der Waals surface area (Å²) in [6.45, 7) is 5.81. The number of hydrogen-bond donors (Lipinski definition) is 0. The first-order chi connectivity index (χ1) is 8.75. The first kappa shape index (κ1) is 11.4. The van der Waals surface area contributed by atoms with E-state index in [-0.39, 0.29) is 0 Å². The third-order valence-electron chi connectivity index (χ3n) is 3.42. The summed E-state index contributed by atoms with van der Waals surface area (Å²) in [6, 6.07) is 10.6. The third-order valence-corrected chi connectivity index (χ3v) is 3.42. The molecule has 0 aliphatic carbocycles. The Balaban J connectivity index is 2.01. The minimum atomic E-state index is 0.381. The summed E-state index contributed by atoms with van der Waals surface area (Å²) in [5.41, 5.74) is 1.09. The Labute approximate surface area is 107 Å². The number of para-hydroxylation sites is 1. The van der Waals surface area contributed by atoms with Crippen LogP contribution in [0.15, 0.2) is 36.7 Å². The molecule has 2 heterocycles. The molecule has 94 valence electrons. The van der Waals surface area contributed by atoms with Crippen LogP contribution in [0.3, 0.4) is 0 Å². The van der Waals surface area contributed by atoms with Crippen molar-refractivity contribution in [2.45, 2.75) is 26.5 Å². The Bertz CT molecular complexity index is 533. The van der Waals surface area contributed by atoms with Gasteiger partial charge in [-0.05, 0) is 18.1 Å². The zero-order valence-electron chi connectivity index (χ0n) is 10.8. The minimum absolute atomic E-state index is 0.381. The van der Waals surface area contributed by atoms with E-state index in [0.717, 1.165) is 18.1 Å². The van der Waals surface area contributed by atoms with Crippen LogP contribution in [-0.2, 0) is 11.3 Å². The van der Waals surface area contributed by atoms with Gasteiger partial charge in [0.1, 0.15) is 18.3 Å². The van der Waals surface area contributed by atoms with Crippen LogP contribution in [0.2, 0.25) is 0 Å². The van der Waals surface area contributed by atoms with Crippen LogP contribution in [0.25, 0.3) is 5.69 Å². The lowest BCUT2D eigenvalue weighted by atomic mass is 10.0. The van der Waals surface area contributed by atoms with E-state index in [1.165, 1.54) is 0 Å². The standard InChI is InChI=1S/C14H18N3O/c1-11(2)13-8-18-9-14-15-17(10-16(13)14)12-6-4-3-5-7-12/h3-7,10-11,13H,8-9H2,1-2H3/q+1. The molecule has 1 aromatic heterocycles. The van der Waals surface area contributed by atoms with Gasteiger partial charge in [-0.15, -0.1) is 0 Å². The molecule has 0 amide bonds. The molecule has 1 atom stereocenters. The Morgan fingerprint density at radius 2 is 2.11 bits per heavy atom. The van der Waals surface area contributed by atoms with E-state index >= 15 is 0 Å². The predicted molar refractivity (Wildman–Crippen MR) is 67.3 cm³/mol. The van der Waals surface area contributed by atoms with Gasteiger partial charge in [-0.3, -0.25) is 0 Å². The molecule has 18 heavy (non-hydrogen) atoms. The number of fused-ring (bicyclic) bond motifs is 1. The monoisotopic (exact) mass is 244 g/mol. The number of hydrogen-bond acceptors (Lipinski definition) is 2. The average molecular weight is 244 g/mol. The van der Waals surface area contributed by atoms with Crippen LogP contribution in [-0.4, -0.2) is 16.4 Å². The lowest BCUT2D eigenvalue weighted by molar-refractivity contribution is -0.749. The highest BCUT2D eigenvalue weighted by Gasteiger charge is 2.31. The maximum Gasteiger partial charge on any atom is 0.304 e. The Morgan fingerprint density at radius 1 is 1.33 bits per heavy atom. The molecule has 4 heteroatoms. The van der Waals surface area contributed by atoms with Crippen molar-refractivity contribution in [1.82, 2.24) is 9.78 Å². The maximum atomic E-state index is 5.62. The molecule has 0 saturated carbocycles. The Hall–Kier alpha value is -1.68. The summed E-state index contributed by atoms with van der Waals surface area (Å²) in [6.07, 6.45) is 2.08. The Kier molecular flexibility index (Phi) is 2.88. The molecule has 3 rings (SSSR count). The number of benzene rings is 1. The first-order valence-corrected chi connectivity index (χ1v) is 6.38. The van der Waals surface area contributed by atoms with Gasteiger partial charge in [0.25, 0.3) is 0 Å². The zero-order valence-corrected chi connectivity index (χ0v) is 10.8. The van der Waals surface area contributed by atoms with Gasteiger partial charge in [-0.25, -0.2) is 4.57 Å². The quantitative estimate of drug-likeness (QED) is 0.755. The van der Waals surface area contributed by atoms with Gasteiger partial charge in [-0.1, -0.05) is 36.7 Å². The molecule has 0 saturated heterocycles. The molecule has 4 nitrogen and oxygen atoms in total. The lowest BCUT2D eigenvalue weighted by Crippen LogP contribution is -2.49. The SMILES string of the molecule is CC(C)C1COCc2nn(-c3ccccc3)c[n+]21. The summed E-state index contributed by atoms with van der Waals surface area (Å²) in [5.74, 6) is 1.55. The molecule has 1 aromatic carbocycles. The first-order valence-electron chi connectivity index (χ1n) is 6.38. The van der Waals surface area contributed by atoms with Crippen LogP contribution in [0.1, 0.15) is 25.7 Å². The molecule has 2 aromatic rings. The van der Waals surface area contributed by atoms with Gasteiger partial charge >= 0.3 is 5.82 Å². The van der Waals surface area contributed by atoms with Gasteiger partial charge in [0.2, 0.25) is 6.33 Å². The van der Waals surface area contributed by atoms with E-state index < -0.39 is 0 Å². The van der Waals surface area contributed by atoms with E-state index in [0.29, 0.717) is 18.6 Å². The van der Waals surface area contributed by atoms with Crippen LogP contribution >= 0.6 is 0 Å². The fourth-order valence-corrected chi connectivity index (χ4v) is 2.34. The molecular formula is C14H18N3O+. The van der Waals surface area contributed by atoms with E-state index in [4.69, 9.17) is 4.74 Å². The summed E-state index contributed by atoms with van der Waals surface area (Å²) in [7, 11) is 0. The number of nitrogens with zero attached hydrogens (tertiary/aromatic N) is 3. The fraction of sp³-hybridized carbons (Fsp3) is 0.429. The smallest absolute Gasteiger partial charge is 0.304 e. The minimum Gasteiger partial charge on any atom is -0.367 e. The van der Waals surface area contributed by atoms with Gasteiger partial charge in [0.15, 0.2) is 0 Å². The Morgan fingerprint density at radius 3 is 2.83 bits per heavy atom. The molecule has 1 aliphatic rings. The number of rotatable bonds is 2. The summed E-state index contributed by atoms with van der Waals surface area (Å²) >= 11 is 0. The van der Waals surface area contributed by atoms with Crippen molar-refractivity contribution in [2.75, 3.05) is 6.61 Å². The molecule has 1 unspecified atom stereocenters.